The maximum atomic E-state index is 8.91. The summed E-state index contributed by atoms with van der Waals surface area (Å²) in [5.41, 5.74) is 1.78. The second-order valence-corrected chi connectivity index (χ2v) is 6.35. The number of nitrogens with zero attached hydrogens (tertiary/aromatic N) is 8. The maximum absolute atomic E-state index is 8.91. The molecule has 0 saturated heterocycles. The highest BCUT2D eigenvalue weighted by Crippen LogP contribution is 2.49. The number of hydrogen-bond acceptors (Lipinski definition) is 7. The van der Waals surface area contributed by atoms with E-state index in [1.54, 1.807) is 4.68 Å². The molecule has 0 amide bonds. The Labute approximate surface area is 144 Å². The summed E-state index contributed by atoms with van der Waals surface area (Å²) in [4.78, 5) is 0. The molecule has 0 radical (unpaired) electrons. The molecule has 4 rings (SSSR count). The molecule has 25 heavy (non-hydrogen) atoms. The third kappa shape index (κ3) is 3.33. The van der Waals surface area contributed by atoms with Gasteiger partial charge in [-0.25, -0.2) is 0 Å². The zero-order valence-electron chi connectivity index (χ0n) is 13.6. The molecule has 0 atom stereocenters. The van der Waals surface area contributed by atoms with Crippen molar-refractivity contribution in [3.8, 4) is 11.8 Å². The average Bonchev–Trinajstić information content (AvgIpc) is 3.04. The zero-order valence-corrected chi connectivity index (χ0v) is 13.6. The van der Waals surface area contributed by atoms with Gasteiger partial charge in [-0.2, -0.15) is 9.94 Å². The Bertz CT molecular complexity index is 886. The van der Waals surface area contributed by atoms with Crippen molar-refractivity contribution in [2.45, 2.75) is 32.4 Å². The van der Waals surface area contributed by atoms with Gasteiger partial charge in [0.05, 0.1) is 24.5 Å². The van der Waals surface area contributed by atoms with Crippen LogP contribution >= 0.6 is 0 Å². The van der Waals surface area contributed by atoms with Crippen LogP contribution in [-0.4, -0.2) is 35.2 Å². The number of nitrogens with one attached hydrogen (secondary N) is 1. The molecule has 1 aromatic carbocycles. The Kier molecular flexibility index (Phi) is 3.85. The van der Waals surface area contributed by atoms with E-state index in [-0.39, 0.29) is 5.41 Å². The van der Waals surface area contributed by atoms with Gasteiger partial charge in [0.25, 0.3) is 0 Å². The van der Waals surface area contributed by atoms with Crippen LogP contribution in [0.25, 0.3) is 5.69 Å². The highest BCUT2D eigenvalue weighted by molar-refractivity contribution is 5.38. The predicted molar refractivity (Wildman–Crippen MR) is 88.4 cm³/mol. The Morgan fingerprint density at radius 3 is 2.76 bits per heavy atom. The van der Waals surface area contributed by atoms with E-state index in [0.717, 1.165) is 30.8 Å². The van der Waals surface area contributed by atoms with Crippen LogP contribution in [0, 0.1) is 16.7 Å². The standard InChI is InChI=1S/C16H17N9/c17-9-8-16(6-7-16)12-24-11-13(19-22-24)10-18-15-20-21-23-25(15)14-4-2-1-3-5-14/h1-5,11H,6-8,10,12H2,(H,18,20,23). The van der Waals surface area contributed by atoms with E-state index in [1.165, 1.54) is 0 Å². The fraction of sp³-hybridized carbons (Fsp3) is 0.375. The van der Waals surface area contributed by atoms with Crippen LogP contribution in [0.3, 0.4) is 0 Å². The summed E-state index contributed by atoms with van der Waals surface area (Å²) in [7, 11) is 0. The van der Waals surface area contributed by atoms with Gasteiger partial charge in [-0.15, -0.1) is 5.10 Å². The molecule has 9 heteroatoms. The maximum Gasteiger partial charge on any atom is 0.248 e. The number of rotatable bonds is 7. The molecule has 1 aliphatic rings. The number of hydrogen-bond donors (Lipinski definition) is 1. The molecule has 126 valence electrons. The summed E-state index contributed by atoms with van der Waals surface area (Å²) in [6.45, 7) is 1.22. The number of para-hydroxylation sites is 1. The molecule has 0 aliphatic heterocycles. The van der Waals surface area contributed by atoms with Crippen molar-refractivity contribution in [3.05, 3.63) is 42.2 Å². The minimum atomic E-state index is 0.102. The molecule has 2 aromatic heterocycles. The molecule has 0 unspecified atom stereocenters. The smallest absolute Gasteiger partial charge is 0.248 e. The lowest BCUT2D eigenvalue weighted by Gasteiger charge is -2.09. The Balaban J connectivity index is 1.40. The van der Waals surface area contributed by atoms with Gasteiger partial charge in [0.15, 0.2) is 0 Å². The lowest BCUT2D eigenvalue weighted by molar-refractivity contribution is 0.398. The molecule has 1 N–H and O–H groups in total. The van der Waals surface area contributed by atoms with E-state index in [0.29, 0.717) is 18.9 Å². The van der Waals surface area contributed by atoms with E-state index in [4.69, 9.17) is 5.26 Å². The van der Waals surface area contributed by atoms with Crippen molar-refractivity contribution in [3.63, 3.8) is 0 Å². The summed E-state index contributed by atoms with van der Waals surface area (Å²) >= 11 is 0. The Morgan fingerprint density at radius 2 is 2.00 bits per heavy atom. The predicted octanol–water partition coefficient (Wildman–Crippen LogP) is 1.56. The van der Waals surface area contributed by atoms with Gasteiger partial charge in [-0.3, -0.25) is 4.68 Å². The van der Waals surface area contributed by atoms with Crippen LogP contribution in [0.5, 0.6) is 0 Å². The summed E-state index contributed by atoms with van der Waals surface area (Å²) in [5.74, 6) is 0.545. The van der Waals surface area contributed by atoms with Gasteiger partial charge in [0, 0.05) is 18.4 Å². The molecular formula is C16H17N9. The van der Waals surface area contributed by atoms with Gasteiger partial charge in [-0.1, -0.05) is 28.5 Å². The van der Waals surface area contributed by atoms with Gasteiger partial charge < -0.3 is 5.32 Å². The highest BCUT2D eigenvalue weighted by atomic mass is 15.6. The average molecular weight is 335 g/mol. The molecule has 1 fully saturated rings. The van der Waals surface area contributed by atoms with Crippen molar-refractivity contribution in [2.24, 2.45) is 5.41 Å². The third-order valence-corrected chi connectivity index (χ3v) is 4.39. The van der Waals surface area contributed by atoms with Crippen LogP contribution < -0.4 is 5.32 Å². The molecule has 1 aliphatic carbocycles. The molecule has 1 saturated carbocycles. The summed E-state index contributed by atoms with van der Waals surface area (Å²) in [5, 5.41) is 32.2. The second kappa shape index (κ2) is 6.32. The van der Waals surface area contributed by atoms with Crippen LogP contribution in [0.15, 0.2) is 36.5 Å². The second-order valence-electron chi connectivity index (χ2n) is 6.35. The van der Waals surface area contributed by atoms with Gasteiger partial charge >= 0.3 is 0 Å². The lowest BCUT2D eigenvalue weighted by atomic mass is 10.0. The van der Waals surface area contributed by atoms with Crippen molar-refractivity contribution < 1.29 is 0 Å². The fourth-order valence-electron chi connectivity index (χ4n) is 2.79. The van der Waals surface area contributed by atoms with Crippen LogP contribution in [0.4, 0.5) is 5.95 Å². The fourth-order valence-corrected chi connectivity index (χ4v) is 2.79. The summed E-state index contributed by atoms with van der Waals surface area (Å²) in [6, 6.07) is 11.9. The number of aromatic nitrogens is 7. The topological polar surface area (TPSA) is 110 Å². The lowest BCUT2D eigenvalue weighted by Crippen LogP contribution is -2.11. The molecule has 2 heterocycles. The largest absolute Gasteiger partial charge is 0.347 e. The van der Waals surface area contributed by atoms with Crippen molar-refractivity contribution in [2.75, 3.05) is 5.32 Å². The van der Waals surface area contributed by atoms with E-state index in [9.17, 15) is 0 Å². The van der Waals surface area contributed by atoms with Crippen molar-refractivity contribution in [1.82, 2.24) is 35.2 Å². The Hall–Kier alpha value is -3.28. The van der Waals surface area contributed by atoms with Crippen LogP contribution in [-0.2, 0) is 13.1 Å². The van der Waals surface area contributed by atoms with E-state index in [2.05, 4.69) is 37.2 Å². The summed E-state index contributed by atoms with van der Waals surface area (Å²) < 4.78 is 3.46. The highest BCUT2D eigenvalue weighted by Gasteiger charge is 2.43. The van der Waals surface area contributed by atoms with Crippen molar-refractivity contribution >= 4 is 5.95 Å². The molecule has 3 aromatic rings. The SMILES string of the molecule is N#CCC1(Cn2cc(CNc3nnnn3-c3ccccc3)nn2)CC1. The van der Waals surface area contributed by atoms with E-state index in [1.807, 2.05) is 41.2 Å². The first-order valence-electron chi connectivity index (χ1n) is 8.12. The quantitative estimate of drug-likeness (QED) is 0.697. The molecule has 9 nitrogen and oxygen atoms in total. The zero-order chi connectivity index (χ0) is 17.1. The van der Waals surface area contributed by atoms with Gasteiger partial charge in [0.2, 0.25) is 5.95 Å². The third-order valence-electron chi connectivity index (χ3n) is 4.39. The van der Waals surface area contributed by atoms with Gasteiger partial charge in [0.1, 0.15) is 5.69 Å². The molecule has 0 bridgehead atoms. The van der Waals surface area contributed by atoms with Gasteiger partial charge in [-0.05, 0) is 35.4 Å². The van der Waals surface area contributed by atoms with Crippen molar-refractivity contribution in [1.29, 1.82) is 5.26 Å². The first-order chi connectivity index (χ1) is 12.3. The summed E-state index contributed by atoms with van der Waals surface area (Å²) in [6.07, 6.45) is 4.65. The van der Waals surface area contributed by atoms with E-state index < -0.39 is 0 Å². The minimum absolute atomic E-state index is 0.102. The van der Waals surface area contributed by atoms with Crippen LogP contribution in [0.1, 0.15) is 25.0 Å². The molecular weight excluding hydrogens is 318 g/mol. The number of benzene rings is 1. The Morgan fingerprint density at radius 1 is 1.16 bits per heavy atom. The minimum Gasteiger partial charge on any atom is -0.347 e. The number of nitriles is 1. The first kappa shape index (κ1) is 15.3. The monoisotopic (exact) mass is 335 g/mol. The number of tetrazole rings is 1. The first-order valence-corrected chi connectivity index (χ1v) is 8.12. The number of anilines is 1. The normalized spacial score (nSPS) is 14.8. The molecule has 0 spiro atoms. The van der Waals surface area contributed by atoms with E-state index >= 15 is 0 Å². The van der Waals surface area contributed by atoms with Crippen LogP contribution in [0.2, 0.25) is 0 Å².